The quantitative estimate of drug-likeness (QED) is 0.491. The molecule has 0 saturated carbocycles. The number of amides is 1. The first-order valence-electron chi connectivity index (χ1n) is 8.75. The largest absolute Gasteiger partial charge is 0.447 e. The Kier molecular flexibility index (Phi) is 6.40. The Morgan fingerprint density at radius 3 is 2.86 bits per heavy atom. The van der Waals surface area contributed by atoms with E-state index in [4.69, 9.17) is 4.74 Å². The second-order valence-electron chi connectivity index (χ2n) is 6.13. The first-order chi connectivity index (χ1) is 13.5. The predicted molar refractivity (Wildman–Crippen MR) is 112 cm³/mol. The van der Waals surface area contributed by atoms with Crippen molar-refractivity contribution < 1.29 is 13.9 Å². The molecule has 5 heteroatoms. The number of carbonyl (C=O) groups excluding carboxylic acids is 1. The van der Waals surface area contributed by atoms with Crippen LogP contribution >= 0.6 is 11.3 Å². The van der Waals surface area contributed by atoms with Gasteiger partial charge < -0.3 is 10.1 Å². The van der Waals surface area contributed by atoms with Crippen LogP contribution in [0.25, 0.3) is 6.08 Å². The minimum Gasteiger partial charge on any atom is -0.447 e. The molecule has 0 unspecified atom stereocenters. The molecule has 0 aliphatic carbocycles. The van der Waals surface area contributed by atoms with Crippen LogP contribution in [0.1, 0.15) is 26.4 Å². The van der Waals surface area contributed by atoms with Crippen molar-refractivity contribution in [2.75, 3.05) is 0 Å². The lowest BCUT2D eigenvalue weighted by Gasteiger charge is -2.07. The SMILES string of the molecule is C=C/C=C\c1cc(C(=O)NCc2ccc(Oc3cccc(F)c3)s2)ccc1C. The van der Waals surface area contributed by atoms with E-state index in [-0.39, 0.29) is 11.7 Å². The third-order valence-electron chi connectivity index (χ3n) is 4.03. The van der Waals surface area contributed by atoms with Crippen molar-refractivity contribution in [3.8, 4) is 10.8 Å². The topological polar surface area (TPSA) is 38.3 Å². The molecule has 0 aliphatic rings. The zero-order valence-electron chi connectivity index (χ0n) is 15.4. The number of hydrogen-bond acceptors (Lipinski definition) is 3. The van der Waals surface area contributed by atoms with Gasteiger partial charge in [-0.2, -0.15) is 0 Å². The van der Waals surface area contributed by atoms with E-state index in [2.05, 4.69) is 11.9 Å². The van der Waals surface area contributed by atoms with E-state index >= 15 is 0 Å². The summed E-state index contributed by atoms with van der Waals surface area (Å²) in [4.78, 5) is 13.4. The second kappa shape index (κ2) is 9.15. The normalized spacial score (nSPS) is 10.8. The van der Waals surface area contributed by atoms with Crippen LogP contribution in [0.4, 0.5) is 4.39 Å². The Hall–Kier alpha value is -3.18. The minimum absolute atomic E-state index is 0.144. The molecule has 0 fully saturated rings. The van der Waals surface area contributed by atoms with Gasteiger partial charge in [-0.1, -0.05) is 36.9 Å². The molecule has 0 spiro atoms. The summed E-state index contributed by atoms with van der Waals surface area (Å²) in [6, 6.07) is 15.3. The number of halogens is 1. The van der Waals surface area contributed by atoms with Gasteiger partial charge in [0, 0.05) is 16.5 Å². The van der Waals surface area contributed by atoms with E-state index in [0.29, 0.717) is 22.9 Å². The highest BCUT2D eigenvalue weighted by Gasteiger charge is 2.09. The van der Waals surface area contributed by atoms with Crippen LogP contribution in [0, 0.1) is 12.7 Å². The molecule has 0 aliphatic heterocycles. The maximum Gasteiger partial charge on any atom is 0.251 e. The van der Waals surface area contributed by atoms with Crippen LogP contribution in [0.15, 0.2) is 73.3 Å². The molecular weight excluding hydrogens is 373 g/mol. The molecule has 1 amide bonds. The molecule has 0 bridgehead atoms. The van der Waals surface area contributed by atoms with E-state index in [1.807, 2.05) is 43.3 Å². The van der Waals surface area contributed by atoms with Gasteiger partial charge in [-0.3, -0.25) is 4.79 Å². The van der Waals surface area contributed by atoms with Gasteiger partial charge >= 0.3 is 0 Å². The monoisotopic (exact) mass is 393 g/mol. The summed E-state index contributed by atoms with van der Waals surface area (Å²) in [5.41, 5.74) is 2.67. The van der Waals surface area contributed by atoms with Crippen LogP contribution in [0.5, 0.6) is 10.8 Å². The van der Waals surface area contributed by atoms with Gasteiger partial charge in [-0.05, 0) is 54.4 Å². The zero-order valence-corrected chi connectivity index (χ0v) is 16.3. The summed E-state index contributed by atoms with van der Waals surface area (Å²) in [5.74, 6) is -0.0478. The number of carbonyl (C=O) groups is 1. The minimum atomic E-state index is -0.345. The Balaban J connectivity index is 1.61. The zero-order chi connectivity index (χ0) is 19.9. The van der Waals surface area contributed by atoms with Crippen molar-refractivity contribution in [2.24, 2.45) is 0 Å². The van der Waals surface area contributed by atoms with Gasteiger partial charge in [0.15, 0.2) is 5.06 Å². The number of thiophene rings is 1. The lowest BCUT2D eigenvalue weighted by molar-refractivity contribution is 0.0951. The molecule has 3 nitrogen and oxygen atoms in total. The average Bonchev–Trinajstić information content (AvgIpc) is 3.13. The average molecular weight is 393 g/mol. The first kappa shape index (κ1) is 19.6. The summed E-state index contributed by atoms with van der Waals surface area (Å²) in [7, 11) is 0. The van der Waals surface area contributed by atoms with Crippen LogP contribution in [-0.4, -0.2) is 5.91 Å². The fourth-order valence-electron chi connectivity index (χ4n) is 2.56. The molecular formula is C23H20FNO2S. The van der Waals surface area contributed by atoms with Crippen molar-refractivity contribution in [1.82, 2.24) is 5.32 Å². The third-order valence-corrected chi connectivity index (χ3v) is 4.99. The maximum absolute atomic E-state index is 13.2. The standard InChI is InChI=1S/C23H20FNO2S/c1-3-4-6-17-13-18(10-9-16(17)2)23(26)25-15-21-11-12-22(28-21)27-20-8-5-7-19(24)14-20/h3-14H,1,15H2,2H3,(H,25,26)/b6-4-. The second-order valence-corrected chi connectivity index (χ2v) is 7.26. The lowest BCUT2D eigenvalue weighted by Crippen LogP contribution is -2.22. The number of allylic oxidation sites excluding steroid dienone is 2. The van der Waals surface area contributed by atoms with Crippen molar-refractivity contribution in [2.45, 2.75) is 13.5 Å². The van der Waals surface area contributed by atoms with E-state index in [9.17, 15) is 9.18 Å². The smallest absolute Gasteiger partial charge is 0.251 e. The fourth-order valence-corrected chi connectivity index (χ4v) is 3.37. The van der Waals surface area contributed by atoms with Crippen LogP contribution in [0.2, 0.25) is 0 Å². The van der Waals surface area contributed by atoms with E-state index in [1.54, 1.807) is 24.3 Å². The first-order valence-corrected chi connectivity index (χ1v) is 9.57. The molecule has 1 N–H and O–H groups in total. The molecule has 28 heavy (non-hydrogen) atoms. The predicted octanol–water partition coefficient (Wildman–Crippen LogP) is 6.12. The molecule has 3 aromatic rings. The molecule has 3 rings (SSSR count). The number of aryl methyl sites for hydroxylation is 1. The van der Waals surface area contributed by atoms with Gasteiger partial charge in [0.05, 0.1) is 6.54 Å². The number of nitrogens with one attached hydrogen (secondary N) is 1. The molecule has 1 heterocycles. The Morgan fingerprint density at radius 1 is 1.21 bits per heavy atom. The fraction of sp³-hybridized carbons (Fsp3) is 0.0870. The maximum atomic E-state index is 13.2. The lowest BCUT2D eigenvalue weighted by atomic mass is 10.0. The highest BCUT2D eigenvalue weighted by Crippen LogP contribution is 2.29. The van der Waals surface area contributed by atoms with E-state index in [1.165, 1.54) is 23.5 Å². The van der Waals surface area contributed by atoms with Gasteiger partial charge in [0.25, 0.3) is 5.91 Å². The van der Waals surface area contributed by atoms with Crippen molar-refractivity contribution in [1.29, 1.82) is 0 Å². The van der Waals surface area contributed by atoms with Gasteiger partial charge in [0.2, 0.25) is 0 Å². The van der Waals surface area contributed by atoms with Crippen molar-refractivity contribution in [3.05, 3.63) is 101 Å². The third kappa shape index (κ3) is 5.18. The summed E-state index contributed by atoms with van der Waals surface area (Å²) in [6.45, 7) is 6.05. The molecule has 1 aromatic heterocycles. The molecule has 0 atom stereocenters. The van der Waals surface area contributed by atoms with Gasteiger partial charge in [-0.15, -0.1) is 11.3 Å². The van der Waals surface area contributed by atoms with Crippen LogP contribution in [0.3, 0.4) is 0 Å². The summed E-state index contributed by atoms with van der Waals surface area (Å²) < 4.78 is 18.9. The Morgan fingerprint density at radius 2 is 2.07 bits per heavy atom. The highest BCUT2D eigenvalue weighted by molar-refractivity contribution is 7.13. The number of rotatable bonds is 7. The highest BCUT2D eigenvalue weighted by atomic mass is 32.1. The summed E-state index contributed by atoms with van der Waals surface area (Å²) in [5, 5.41) is 3.56. The van der Waals surface area contributed by atoms with Gasteiger partial charge in [0.1, 0.15) is 11.6 Å². The summed E-state index contributed by atoms with van der Waals surface area (Å²) in [6.07, 6.45) is 5.47. The number of benzene rings is 2. The number of ether oxygens (including phenoxy) is 1. The number of hydrogen-bond donors (Lipinski definition) is 1. The molecule has 142 valence electrons. The Labute approximate surface area is 167 Å². The van der Waals surface area contributed by atoms with Crippen molar-refractivity contribution in [3.63, 3.8) is 0 Å². The Bertz CT molecular complexity index is 1020. The molecule has 0 saturated heterocycles. The van der Waals surface area contributed by atoms with Gasteiger partial charge in [-0.25, -0.2) is 4.39 Å². The van der Waals surface area contributed by atoms with Crippen LogP contribution < -0.4 is 10.1 Å². The van der Waals surface area contributed by atoms with E-state index in [0.717, 1.165) is 16.0 Å². The van der Waals surface area contributed by atoms with Crippen molar-refractivity contribution >= 4 is 23.3 Å². The molecule has 2 aromatic carbocycles. The van der Waals surface area contributed by atoms with Crippen LogP contribution in [-0.2, 0) is 6.54 Å². The summed E-state index contributed by atoms with van der Waals surface area (Å²) >= 11 is 1.41. The molecule has 0 radical (unpaired) electrons. The van der Waals surface area contributed by atoms with E-state index < -0.39 is 0 Å².